The standard InChI is InChI=1S/C9H18F3N/c1-5-7(4)9(12,13)8(10,11)6(2)3/h6-7H,5,13H2,1-4H3. The average molecular weight is 197 g/mol. The van der Waals surface area contributed by atoms with E-state index in [2.05, 4.69) is 0 Å². The van der Waals surface area contributed by atoms with Crippen LogP contribution < -0.4 is 5.73 Å². The van der Waals surface area contributed by atoms with Crippen LogP contribution in [0.5, 0.6) is 0 Å². The lowest BCUT2D eigenvalue weighted by Gasteiger charge is -2.36. The molecule has 0 spiro atoms. The molecule has 2 unspecified atom stereocenters. The van der Waals surface area contributed by atoms with E-state index in [0.717, 1.165) is 0 Å². The molecule has 0 saturated carbocycles. The van der Waals surface area contributed by atoms with E-state index in [1.807, 2.05) is 0 Å². The highest BCUT2D eigenvalue weighted by Crippen LogP contribution is 2.40. The molecule has 0 heterocycles. The Kier molecular flexibility index (Phi) is 3.79. The van der Waals surface area contributed by atoms with Crippen LogP contribution in [-0.2, 0) is 0 Å². The number of rotatable bonds is 4. The van der Waals surface area contributed by atoms with Crippen molar-refractivity contribution in [3.8, 4) is 0 Å². The van der Waals surface area contributed by atoms with Crippen LogP contribution in [0.15, 0.2) is 0 Å². The Morgan fingerprint density at radius 2 is 1.54 bits per heavy atom. The van der Waals surface area contributed by atoms with Crippen LogP contribution in [0.2, 0.25) is 0 Å². The largest absolute Gasteiger partial charge is 0.296 e. The Balaban J connectivity index is 4.80. The lowest BCUT2D eigenvalue weighted by Crippen LogP contribution is -2.58. The molecule has 0 bridgehead atoms. The molecule has 0 fully saturated rings. The second-order valence-electron chi connectivity index (χ2n) is 3.86. The summed E-state index contributed by atoms with van der Waals surface area (Å²) >= 11 is 0. The van der Waals surface area contributed by atoms with E-state index in [1.165, 1.54) is 20.8 Å². The maximum atomic E-state index is 13.5. The summed E-state index contributed by atoms with van der Waals surface area (Å²) in [5.41, 5.74) is 5.03. The van der Waals surface area contributed by atoms with Crippen molar-refractivity contribution in [2.24, 2.45) is 17.6 Å². The molecule has 4 heteroatoms. The molecule has 0 aliphatic carbocycles. The number of hydrogen-bond donors (Lipinski definition) is 1. The molecule has 0 rings (SSSR count). The predicted octanol–water partition coefficient (Wildman–Crippen LogP) is 2.95. The van der Waals surface area contributed by atoms with Gasteiger partial charge in [-0.15, -0.1) is 0 Å². The summed E-state index contributed by atoms with van der Waals surface area (Å²) in [7, 11) is 0. The molecule has 1 nitrogen and oxygen atoms in total. The van der Waals surface area contributed by atoms with Crippen molar-refractivity contribution in [1.29, 1.82) is 0 Å². The van der Waals surface area contributed by atoms with E-state index < -0.39 is 23.6 Å². The van der Waals surface area contributed by atoms with Gasteiger partial charge >= 0.3 is 0 Å². The summed E-state index contributed by atoms with van der Waals surface area (Å²) in [6.45, 7) is 5.58. The zero-order valence-electron chi connectivity index (χ0n) is 8.57. The van der Waals surface area contributed by atoms with Crippen molar-refractivity contribution in [1.82, 2.24) is 0 Å². The van der Waals surface area contributed by atoms with Gasteiger partial charge in [-0.25, -0.2) is 13.2 Å². The topological polar surface area (TPSA) is 26.0 Å². The van der Waals surface area contributed by atoms with Crippen molar-refractivity contribution < 1.29 is 13.2 Å². The van der Waals surface area contributed by atoms with Gasteiger partial charge in [0.1, 0.15) is 0 Å². The fourth-order valence-corrected chi connectivity index (χ4v) is 1.07. The van der Waals surface area contributed by atoms with Crippen LogP contribution in [0, 0.1) is 11.8 Å². The van der Waals surface area contributed by atoms with Gasteiger partial charge in [-0.3, -0.25) is 5.73 Å². The zero-order chi connectivity index (χ0) is 10.9. The van der Waals surface area contributed by atoms with Gasteiger partial charge < -0.3 is 0 Å². The molecule has 0 aromatic rings. The third-order valence-corrected chi connectivity index (χ3v) is 2.57. The van der Waals surface area contributed by atoms with Gasteiger partial charge in [-0.1, -0.05) is 27.7 Å². The summed E-state index contributed by atoms with van der Waals surface area (Å²) in [5, 5.41) is 0. The van der Waals surface area contributed by atoms with E-state index in [4.69, 9.17) is 5.73 Å². The first-order valence-corrected chi connectivity index (χ1v) is 4.53. The molecule has 80 valence electrons. The Morgan fingerprint density at radius 1 is 1.15 bits per heavy atom. The van der Waals surface area contributed by atoms with Crippen molar-refractivity contribution in [3.05, 3.63) is 0 Å². The molecular formula is C9H18F3N. The van der Waals surface area contributed by atoms with Gasteiger partial charge in [0.25, 0.3) is 5.92 Å². The lowest BCUT2D eigenvalue weighted by molar-refractivity contribution is -0.186. The van der Waals surface area contributed by atoms with Crippen molar-refractivity contribution >= 4 is 0 Å². The third kappa shape index (κ3) is 2.16. The van der Waals surface area contributed by atoms with E-state index in [1.54, 1.807) is 6.92 Å². The maximum Gasteiger partial charge on any atom is 0.296 e. The smallest absolute Gasteiger partial charge is 0.294 e. The van der Waals surface area contributed by atoms with Gasteiger partial charge in [0, 0.05) is 11.8 Å². The van der Waals surface area contributed by atoms with Gasteiger partial charge in [0.2, 0.25) is 5.79 Å². The Labute approximate surface area is 77.5 Å². The number of nitrogens with two attached hydrogens (primary N) is 1. The highest BCUT2D eigenvalue weighted by atomic mass is 19.3. The first-order chi connectivity index (χ1) is 5.67. The average Bonchev–Trinajstić information content (AvgIpc) is 2.02. The predicted molar refractivity (Wildman–Crippen MR) is 47.3 cm³/mol. The van der Waals surface area contributed by atoms with Crippen LogP contribution in [-0.4, -0.2) is 11.7 Å². The van der Waals surface area contributed by atoms with E-state index in [9.17, 15) is 13.2 Å². The monoisotopic (exact) mass is 197 g/mol. The highest BCUT2D eigenvalue weighted by molar-refractivity contribution is 4.93. The van der Waals surface area contributed by atoms with Crippen LogP contribution in [0.3, 0.4) is 0 Å². The minimum Gasteiger partial charge on any atom is -0.294 e. The van der Waals surface area contributed by atoms with Crippen LogP contribution >= 0.6 is 0 Å². The van der Waals surface area contributed by atoms with E-state index in [-0.39, 0.29) is 0 Å². The number of alkyl halides is 3. The van der Waals surface area contributed by atoms with E-state index >= 15 is 0 Å². The molecule has 0 radical (unpaired) electrons. The third-order valence-electron chi connectivity index (χ3n) is 2.57. The summed E-state index contributed by atoms with van der Waals surface area (Å²) in [4.78, 5) is 0. The lowest BCUT2D eigenvalue weighted by atomic mass is 9.86. The summed E-state index contributed by atoms with van der Waals surface area (Å²) in [6, 6.07) is 0. The summed E-state index contributed by atoms with van der Waals surface area (Å²) in [5.74, 6) is -8.31. The second-order valence-corrected chi connectivity index (χ2v) is 3.86. The summed E-state index contributed by atoms with van der Waals surface area (Å²) < 4.78 is 40.1. The first-order valence-electron chi connectivity index (χ1n) is 4.53. The van der Waals surface area contributed by atoms with Crippen molar-refractivity contribution in [2.75, 3.05) is 0 Å². The van der Waals surface area contributed by atoms with Crippen LogP contribution in [0.4, 0.5) is 13.2 Å². The Hall–Kier alpha value is -0.250. The molecule has 0 aliphatic rings. The molecule has 0 amide bonds. The molecule has 2 atom stereocenters. The Morgan fingerprint density at radius 3 is 1.77 bits per heavy atom. The van der Waals surface area contributed by atoms with Crippen LogP contribution in [0.25, 0.3) is 0 Å². The second kappa shape index (κ2) is 3.86. The number of hydrogen-bond acceptors (Lipinski definition) is 1. The minimum atomic E-state index is -3.47. The minimum absolute atomic E-state index is 0.301. The SMILES string of the molecule is CCC(C)C(N)(F)C(F)(F)C(C)C. The quantitative estimate of drug-likeness (QED) is 0.689. The fourth-order valence-electron chi connectivity index (χ4n) is 1.07. The normalized spacial score (nSPS) is 20.1. The molecule has 0 aromatic carbocycles. The molecule has 2 N–H and O–H groups in total. The van der Waals surface area contributed by atoms with Gasteiger partial charge in [-0.2, -0.15) is 0 Å². The molecular weight excluding hydrogens is 179 g/mol. The van der Waals surface area contributed by atoms with Gasteiger partial charge in [0.05, 0.1) is 0 Å². The maximum absolute atomic E-state index is 13.5. The first kappa shape index (κ1) is 12.8. The van der Waals surface area contributed by atoms with Crippen LogP contribution in [0.1, 0.15) is 34.1 Å². The molecule has 13 heavy (non-hydrogen) atoms. The van der Waals surface area contributed by atoms with Gasteiger partial charge in [0.15, 0.2) is 0 Å². The summed E-state index contributed by atoms with van der Waals surface area (Å²) in [6.07, 6.45) is 0.301. The number of halogens is 3. The Bertz CT molecular complexity index is 166. The molecule has 0 saturated heterocycles. The zero-order valence-corrected chi connectivity index (χ0v) is 8.57. The van der Waals surface area contributed by atoms with Crippen molar-refractivity contribution in [3.63, 3.8) is 0 Å². The van der Waals surface area contributed by atoms with E-state index in [0.29, 0.717) is 6.42 Å². The highest BCUT2D eigenvalue weighted by Gasteiger charge is 2.56. The fraction of sp³-hybridized carbons (Fsp3) is 1.00. The van der Waals surface area contributed by atoms with Gasteiger partial charge in [-0.05, 0) is 6.42 Å². The van der Waals surface area contributed by atoms with Crippen molar-refractivity contribution in [2.45, 2.75) is 45.8 Å². The molecule has 0 aliphatic heterocycles. The molecule has 0 aromatic heterocycles.